The van der Waals surface area contributed by atoms with Gasteiger partial charge in [-0.15, -0.1) is 0 Å². The molecule has 3 N–H and O–H groups in total. The number of nitrogens with zero attached hydrogens (tertiary/aromatic N) is 2. The molecule has 0 radical (unpaired) electrons. The average molecular weight is 261 g/mol. The van der Waals surface area contributed by atoms with Crippen molar-refractivity contribution in [3.05, 3.63) is 22.5 Å². The quantitative estimate of drug-likeness (QED) is 0.766. The first-order valence-corrected chi connectivity index (χ1v) is 5.29. The molecule has 8 heteroatoms. The van der Waals surface area contributed by atoms with Crippen molar-refractivity contribution in [1.29, 1.82) is 0 Å². The van der Waals surface area contributed by atoms with Gasteiger partial charge in [0, 0.05) is 6.42 Å². The van der Waals surface area contributed by atoms with E-state index in [1.807, 2.05) is 0 Å². The topological polar surface area (TPSA) is 90.4 Å². The van der Waals surface area contributed by atoms with Crippen LogP contribution in [-0.4, -0.2) is 33.5 Å². The first-order chi connectivity index (χ1) is 8.30. The summed E-state index contributed by atoms with van der Waals surface area (Å²) in [4.78, 5) is 14.7. The largest absolute Gasteiger partial charge is 0.393 e. The lowest BCUT2D eigenvalue weighted by atomic mass is 10.00. The van der Waals surface area contributed by atoms with E-state index < -0.39 is 41.9 Å². The molecule has 0 bridgehead atoms. The highest BCUT2D eigenvalue weighted by Gasteiger charge is 2.49. The lowest BCUT2D eigenvalue weighted by Gasteiger charge is -2.23. The van der Waals surface area contributed by atoms with Crippen molar-refractivity contribution in [2.75, 3.05) is 18.9 Å². The van der Waals surface area contributed by atoms with E-state index in [9.17, 15) is 13.6 Å². The number of hydrogen-bond donors (Lipinski definition) is 2. The van der Waals surface area contributed by atoms with Crippen LogP contribution in [0.3, 0.4) is 0 Å². The Balaban J connectivity index is 2.44. The molecule has 0 aromatic carbocycles. The second kappa shape index (κ2) is 3.99. The van der Waals surface area contributed by atoms with Crippen molar-refractivity contribution < 1.29 is 18.6 Å². The fourth-order valence-electron chi connectivity index (χ4n) is 1.95. The normalized spacial score (nSPS) is 31.8. The molecule has 1 aliphatic heterocycles. The maximum atomic E-state index is 14.6. The van der Waals surface area contributed by atoms with E-state index in [2.05, 4.69) is 4.98 Å². The number of nitrogen functional groups attached to an aromatic ring is 1. The van der Waals surface area contributed by atoms with Crippen LogP contribution in [0.1, 0.15) is 13.3 Å². The Hall–Kier alpha value is -1.54. The highest BCUT2D eigenvalue weighted by Crippen LogP contribution is 2.38. The van der Waals surface area contributed by atoms with E-state index in [1.54, 1.807) is 0 Å². The Morgan fingerprint density at radius 3 is 2.94 bits per heavy atom. The Morgan fingerprint density at radius 2 is 2.39 bits per heavy atom. The van der Waals surface area contributed by atoms with Gasteiger partial charge in [-0.3, -0.25) is 4.57 Å². The molecule has 1 fully saturated rings. The molecule has 1 aliphatic rings. The minimum Gasteiger partial charge on any atom is -0.393 e. The van der Waals surface area contributed by atoms with Crippen molar-refractivity contribution in [2.24, 2.45) is 0 Å². The van der Waals surface area contributed by atoms with E-state index in [0.29, 0.717) is 10.8 Å². The molecule has 1 aromatic heterocycles. The SMILES string of the molecule is C[C@@]1(CO)C[C@](F)(n2cc(F)c(N)nc2=O)CO1. The van der Waals surface area contributed by atoms with Crippen molar-refractivity contribution in [2.45, 2.75) is 24.7 Å². The Labute approximate surface area is 101 Å². The van der Waals surface area contributed by atoms with Crippen molar-refractivity contribution in [3.8, 4) is 0 Å². The molecule has 2 atom stereocenters. The second-order valence-corrected chi connectivity index (χ2v) is 4.62. The number of hydrogen-bond acceptors (Lipinski definition) is 5. The summed E-state index contributed by atoms with van der Waals surface area (Å²) in [5.74, 6) is -3.80. The van der Waals surface area contributed by atoms with Crippen LogP contribution in [0.2, 0.25) is 0 Å². The van der Waals surface area contributed by atoms with Crippen LogP contribution in [0.25, 0.3) is 0 Å². The molecule has 0 aliphatic carbocycles. The number of aliphatic hydroxyl groups is 1. The van der Waals surface area contributed by atoms with E-state index in [-0.39, 0.29) is 6.42 Å². The summed E-state index contributed by atoms with van der Waals surface area (Å²) in [6.45, 7) is 0.633. The van der Waals surface area contributed by atoms with Crippen molar-refractivity contribution in [1.82, 2.24) is 9.55 Å². The fraction of sp³-hybridized carbons (Fsp3) is 0.600. The van der Waals surface area contributed by atoms with Gasteiger partial charge in [0.1, 0.15) is 6.61 Å². The summed E-state index contributed by atoms with van der Waals surface area (Å²) in [7, 11) is 0. The lowest BCUT2D eigenvalue weighted by molar-refractivity contribution is -0.0292. The number of ether oxygens (including phenoxy) is 1. The van der Waals surface area contributed by atoms with Gasteiger partial charge in [0.2, 0.25) is 5.79 Å². The zero-order chi connectivity index (χ0) is 13.6. The van der Waals surface area contributed by atoms with Gasteiger partial charge in [-0.05, 0) is 6.92 Å². The summed E-state index contributed by atoms with van der Waals surface area (Å²) in [5.41, 5.74) is 3.01. The maximum Gasteiger partial charge on any atom is 0.352 e. The van der Waals surface area contributed by atoms with Crippen LogP contribution >= 0.6 is 0 Å². The molecule has 18 heavy (non-hydrogen) atoms. The molecule has 6 nitrogen and oxygen atoms in total. The van der Waals surface area contributed by atoms with Gasteiger partial charge in [-0.1, -0.05) is 0 Å². The number of alkyl halides is 1. The van der Waals surface area contributed by atoms with E-state index in [1.165, 1.54) is 6.92 Å². The van der Waals surface area contributed by atoms with Gasteiger partial charge in [-0.2, -0.15) is 4.98 Å². The first-order valence-electron chi connectivity index (χ1n) is 5.29. The summed E-state index contributed by atoms with van der Waals surface area (Å²) in [6, 6.07) is 0. The molecule has 0 spiro atoms. The number of halogens is 2. The van der Waals surface area contributed by atoms with Crippen LogP contribution in [0.4, 0.5) is 14.6 Å². The monoisotopic (exact) mass is 261 g/mol. The smallest absolute Gasteiger partial charge is 0.352 e. The summed E-state index contributed by atoms with van der Waals surface area (Å²) in [5, 5.41) is 9.08. The molecule has 1 saturated heterocycles. The van der Waals surface area contributed by atoms with E-state index in [0.717, 1.165) is 0 Å². The maximum absolute atomic E-state index is 14.6. The molecule has 0 unspecified atom stereocenters. The van der Waals surface area contributed by atoms with Crippen LogP contribution in [0.15, 0.2) is 11.0 Å². The molecule has 1 aromatic rings. The third-order valence-electron chi connectivity index (χ3n) is 2.96. The van der Waals surface area contributed by atoms with Gasteiger partial charge in [0.05, 0.1) is 18.4 Å². The van der Waals surface area contributed by atoms with Crippen LogP contribution in [-0.2, 0) is 10.5 Å². The van der Waals surface area contributed by atoms with Crippen LogP contribution in [0, 0.1) is 5.82 Å². The standard InChI is InChI=1S/C10H13F2N3O3/c1-9(4-16)3-10(12,5-18-9)15-2-6(11)7(13)14-8(15)17/h2,16H,3-5H2,1H3,(H2,13,14,17)/t9-,10-/m0/s1. The molecule has 100 valence electrons. The highest BCUT2D eigenvalue weighted by molar-refractivity contribution is 5.26. The fourth-order valence-corrected chi connectivity index (χ4v) is 1.95. The minimum absolute atomic E-state index is 0.276. The molecular weight excluding hydrogens is 248 g/mol. The minimum atomic E-state index is -2.24. The van der Waals surface area contributed by atoms with Crippen molar-refractivity contribution in [3.63, 3.8) is 0 Å². The van der Waals surface area contributed by atoms with E-state index in [4.69, 9.17) is 15.6 Å². The van der Waals surface area contributed by atoms with Gasteiger partial charge >= 0.3 is 5.69 Å². The summed E-state index contributed by atoms with van der Waals surface area (Å²) in [6.07, 6.45) is 0.387. The molecular formula is C10H13F2N3O3. The Kier molecular flexibility index (Phi) is 2.86. The van der Waals surface area contributed by atoms with Gasteiger partial charge in [-0.25, -0.2) is 13.6 Å². The van der Waals surface area contributed by atoms with Gasteiger partial charge in [0.25, 0.3) is 0 Å². The van der Waals surface area contributed by atoms with Crippen molar-refractivity contribution >= 4 is 5.82 Å². The number of anilines is 1. The Morgan fingerprint density at radius 1 is 1.72 bits per heavy atom. The third-order valence-corrected chi connectivity index (χ3v) is 2.96. The zero-order valence-electron chi connectivity index (χ0n) is 9.69. The lowest BCUT2D eigenvalue weighted by Crippen LogP contribution is -2.41. The van der Waals surface area contributed by atoms with Crippen LogP contribution in [0.5, 0.6) is 0 Å². The zero-order valence-corrected chi connectivity index (χ0v) is 9.69. The highest BCUT2D eigenvalue weighted by atomic mass is 19.1. The average Bonchev–Trinajstić information content (AvgIpc) is 2.62. The number of nitrogens with two attached hydrogens (primary N) is 1. The number of aromatic nitrogens is 2. The summed E-state index contributed by atoms with van der Waals surface area (Å²) >= 11 is 0. The second-order valence-electron chi connectivity index (χ2n) is 4.62. The third kappa shape index (κ3) is 1.97. The van der Waals surface area contributed by atoms with Crippen LogP contribution < -0.4 is 11.4 Å². The molecule has 0 saturated carbocycles. The number of rotatable bonds is 2. The van der Waals surface area contributed by atoms with Gasteiger partial charge in [0.15, 0.2) is 11.6 Å². The summed E-state index contributed by atoms with van der Waals surface area (Å²) < 4.78 is 33.5. The van der Waals surface area contributed by atoms with E-state index >= 15 is 0 Å². The molecule has 2 rings (SSSR count). The Bertz CT molecular complexity index is 536. The van der Waals surface area contributed by atoms with Gasteiger partial charge < -0.3 is 15.6 Å². The predicted molar refractivity (Wildman–Crippen MR) is 58.0 cm³/mol. The molecule has 0 amide bonds. The molecule has 2 heterocycles. The predicted octanol–water partition coefficient (Wildman–Crippen LogP) is -0.242. The number of aliphatic hydroxyl groups excluding tert-OH is 1. The first kappa shape index (κ1) is 12.9.